The minimum atomic E-state index is 0.345. The van der Waals surface area contributed by atoms with E-state index in [0.29, 0.717) is 6.10 Å². The lowest BCUT2D eigenvalue weighted by molar-refractivity contribution is -0.697. The van der Waals surface area contributed by atoms with Gasteiger partial charge in [0.05, 0.1) is 19.7 Å². The summed E-state index contributed by atoms with van der Waals surface area (Å²) >= 11 is 0. The number of rotatable bonds is 4. The first-order chi connectivity index (χ1) is 5.72. The highest BCUT2D eigenvalue weighted by atomic mass is 16.5. The number of hydrogen-bond acceptors (Lipinski definition) is 1. The van der Waals surface area contributed by atoms with Crippen LogP contribution in [-0.4, -0.2) is 17.8 Å². The Balaban J connectivity index is 2.33. The summed E-state index contributed by atoms with van der Waals surface area (Å²) in [5.41, 5.74) is 0. The van der Waals surface area contributed by atoms with Crippen molar-refractivity contribution in [2.75, 3.05) is 7.11 Å². The molecular formula is C9H17N2O+. The predicted octanol–water partition coefficient (Wildman–Crippen LogP) is 0.738. The molecule has 0 aliphatic rings. The molecule has 1 unspecified atom stereocenters. The van der Waals surface area contributed by atoms with Crippen LogP contribution < -0.4 is 4.57 Å². The Labute approximate surface area is 73.6 Å². The number of aryl methyl sites for hydroxylation is 2. The quantitative estimate of drug-likeness (QED) is 0.608. The molecule has 1 heterocycles. The van der Waals surface area contributed by atoms with Gasteiger partial charge in [-0.15, -0.1) is 0 Å². The van der Waals surface area contributed by atoms with Crippen LogP contribution in [0.5, 0.6) is 0 Å². The fourth-order valence-corrected chi connectivity index (χ4v) is 1.08. The highest BCUT2D eigenvalue weighted by Crippen LogP contribution is 1.94. The normalized spacial score (nSPS) is 13.2. The molecule has 0 aromatic carbocycles. The second-order valence-corrected chi connectivity index (χ2v) is 3.15. The van der Waals surface area contributed by atoms with E-state index in [1.165, 1.54) is 0 Å². The topological polar surface area (TPSA) is 18.0 Å². The largest absolute Gasteiger partial charge is 0.382 e. The minimum absolute atomic E-state index is 0.345. The minimum Gasteiger partial charge on any atom is -0.382 e. The van der Waals surface area contributed by atoms with E-state index in [4.69, 9.17) is 4.74 Å². The summed E-state index contributed by atoms with van der Waals surface area (Å²) in [5.74, 6) is 0. The molecule has 0 saturated heterocycles. The van der Waals surface area contributed by atoms with E-state index in [1.807, 2.05) is 17.8 Å². The standard InChI is InChI=1S/C9H17N2O/c1-9(12-3)4-5-11-7-6-10(2)8-11/h6-9H,4-5H2,1-3H3/q+1. The molecule has 0 amide bonds. The van der Waals surface area contributed by atoms with Gasteiger partial charge in [0.1, 0.15) is 12.4 Å². The highest BCUT2D eigenvalue weighted by Gasteiger charge is 2.03. The summed E-state index contributed by atoms with van der Waals surface area (Å²) in [6.07, 6.45) is 7.59. The maximum atomic E-state index is 5.16. The first-order valence-electron chi connectivity index (χ1n) is 4.26. The molecule has 3 heteroatoms. The van der Waals surface area contributed by atoms with Gasteiger partial charge in [0.2, 0.25) is 6.33 Å². The molecule has 1 aromatic heterocycles. The molecule has 1 rings (SSSR count). The van der Waals surface area contributed by atoms with Gasteiger partial charge in [0.15, 0.2) is 0 Å². The first kappa shape index (κ1) is 9.26. The van der Waals surface area contributed by atoms with E-state index in [0.717, 1.165) is 13.0 Å². The SMILES string of the molecule is COC(C)CC[n+]1ccn(C)c1. The van der Waals surface area contributed by atoms with Gasteiger partial charge in [-0.2, -0.15) is 0 Å². The molecule has 0 spiro atoms. The average Bonchev–Trinajstić information content (AvgIpc) is 2.47. The molecule has 0 fully saturated rings. The van der Waals surface area contributed by atoms with Crippen molar-refractivity contribution < 1.29 is 9.30 Å². The number of methoxy groups -OCH3 is 1. The summed E-state index contributed by atoms with van der Waals surface area (Å²) in [6.45, 7) is 3.11. The van der Waals surface area contributed by atoms with Crippen LogP contribution in [-0.2, 0) is 18.3 Å². The predicted molar refractivity (Wildman–Crippen MR) is 46.7 cm³/mol. The fraction of sp³-hybridized carbons (Fsp3) is 0.667. The lowest BCUT2D eigenvalue weighted by Crippen LogP contribution is -2.32. The summed E-state index contributed by atoms with van der Waals surface area (Å²) < 4.78 is 9.36. The van der Waals surface area contributed by atoms with Crippen molar-refractivity contribution >= 4 is 0 Å². The monoisotopic (exact) mass is 169 g/mol. The van der Waals surface area contributed by atoms with Crippen LogP contribution >= 0.6 is 0 Å². The molecule has 1 atom stereocenters. The fourth-order valence-electron chi connectivity index (χ4n) is 1.08. The first-order valence-corrected chi connectivity index (χ1v) is 4.26. The maximum absolute atomic E-state index is 5.16. The molecule has 3 nitrogen and oxygen atoms in total. The zero-order valence-corrected chi connectivity index (χ0v) is 8.03. The summed E-state index contributed by atoms with van der Waals surface area (Å²) in [7, 11) is 3.77. The molecule has 0 bridgehead atoms. The molecule has 0 saturated carbocycles. The molecule has 12 heavy (non-hydrogen) atoms. The summed E-state index contributed by atoms with van der Waals surface area (Å²) in [4.78, 5) is 0. The van der Waals surface area contributed by atoms with Gasteiger partial charge in [-0.05, 0) is 6.92 Å². The lowest BCUT2D eigenvalue weighted by atomic mass is 10.3. The molecule has 68 valence electrons. The second-order valence-electron chi connectivity index (χ2n) is 3.15. The van der Waals surface area contributed by atoms with Crippen LogP contribution in [0.4, 0.5) is 0 Å². The van der Waals surface area contributed by atoms with Crippen LogP contribution in [0.3, 0.4) is 0 Å². The van der Waals surface area contributed by atoms with Crippen LogP contribution in [0.25, 0.3) is 0 Å². The van der Waals surface area contributed by atoms with E-state index in [2.05, 4.69) is 24.0 Å². The molecule has 1 aromatic rings. The third-order valence-corrected chi connectivity index (χ3v) is 2.02. The van der Waals surface area contributed by atoms with Crippen molar-refractivity contribution in [1.29, 1.82) is 0 Å². The molecule has 0 aliphatic carbocycles. The van der Waals surface area contributed by atoms with Crippen molar-refractivity contribution in [2.45, 2.75) is 26.0 Å². The maximum Gasteiger partial charge on any atom is 0.243 e. The summed E-state index contributed by atoms with van der Waals surface area (Å²) in [6, 6.07) is 0. The van der Waals surface area contributed by atoms with Crippen molar-refractivity contribution in [3.8, 4) is 0 Å². The Morgan fingerprint density at radius 3 is 2.83 bits per heavy atom. The van der Waals surface area contributed by atoms with E-state index in [-0.39, 0.29) is 0 Å². The van der Waals surface area contributed by atoms with Crippen LogP contribution in [0.1, 0.15) is 13.3 Å². The van der Waals surface area contributed by atoms with Crippen molar-refractivity contribution in [1.82, 2.24) is 4.57 Å². The van der Waals surface area contributed by atoms with Crippen molar-refractivity contribution in [3.63, 3.8) is 0 Å². The highest BCUT2D eigenvalue weighted by molar-refractivity contribution is 4.62. The number of hydrogen-bond donors (Lipinski definition) is 0. The van der Waals surface area contributed by atoms with E-state index >= 15 is 0 Å². The zero-order valence-electron chi connectivity index (χ0n) is 8.03. The van der Waals surface area contributed by atoms with Crippen molar-refractivity contribution in [2.24, 2.45) is 7.05 Å². The van der Waals surface area contributed by atoms with Gasteiger partial charge in [-0.3, -0.25) is 0 Å². The van der Waals surface area contributed by atoms with Gasteiger partial charge in [0, 0.05) is 13.5 Å². The third-order valence-electron chi connectivity index (χ3n) is 2.02. The van der Waals surface area contributed by atoms with Crippen LogP contribution in [0.2, 0.25) is 0 Å². The Kier molecular flexibility index (Phi) is 3.29. The lowest BCUT2D eigenvalue weighted by Gasteiger charge is -2.05. The van der Waals surface area contributed by atoms with Gasteiger partial charge in [0.25, 0.3) is 0 Å². The number of imidazole rings is 1. The second kappa shape index (κ2) is 4.26. The molecule has 0 aliphatic heterocycles. The van der Waals surface area contributed by atoms with Gasteiger partial charge in [-0.1, -0.05) is 0 Å². The Morgan fingerprint density at radius 2 is 2.33 bits per heavy atom. The summed E-state index contributed by atoms with van der Waals surface area (Å²) in [5, 5.41) is 0. The Hall–Kier alpha value is -0.830. The van der Waals surface area contributed by atoms with Gasteiger partial charge < -0.3 is 4.74 Å². The van der Waals surface area contributed by atoms with Crippen LogP contribution in [0.15, 0.2) is 18.7 Å². The number of nitrogens with zero attached hydrogens (tertiary/aromatic N) is 2. The molecule has 0 N–H and O–H groups in total. The number of ether oxygens (including phenoxy) is 1. The smallest absolute Gasteiger partial charge is 0.243 e. The Bertz CT molecular complexity index is 232. The van der Waals surface area contributed by atoms with E-state index < -0.39 is 0 Å². The van der Waals surface area contributed by atoms with Crippen molar-refractivity contribution in [3.05, 3.63) is 18.7 Å². The van der Waals surface area contributed by atoms with E-state index in [1.54, 1.807) is 7.11 Å². The third kappa shape index (κ3) is 2.66. The zero-order chi connectivity index (χ0) is 8.97. The van der Waals surface area contributed by atoms with Gasteiger partial charge >= 0.3 is 0 Å². The van der Waals surface area contributed by atoms with Gasteiger partial charge in [-0.25, -0.2) is 9.13 Å². The van der Waals surface area contributed by atoms with Crippen LogP contribution in [0, 0.1) is 0 Å². The van der Waals surface area contributed by atoms with E-state index in [9.17, 15) is 0 Å². The molecule has 0 radical (unpaired) electrons. The average molecular weight is 169 g/mol. The Morgan fingerprint density at radius 1 is 1.58 bits per heavy atom. The number of aromatic nitrogens is 2. The molecular weight excluding hydrogens is 152 g/mol.